The summed E-state index contributed by atoms with van der Waals surface area (Å²) in [5.74, 6) is -0.396. The maximum Gasteiger partial charge on any atom is 0.270 e. The largest absolute Gasteiger partial charge is 0.496 e. The summed E-state index contributed by atoms with van der Waals surface area (Å²) in [5.41, 5.74) is 0.420. The molecule has 7 nitrogen and oxygen atoms in total. The van der Waals surface area contributed by atoms with Gasteiger partial charge in [-0.2, -0.15) is 0 Å². The minimum absolute atomic E-state index is 0.155. The number of rotatable bonds is 5. The maximum absolute atomic E-state index is 14.0. The lowest BCUT2D eigenvalue weighted by atomic mass is 10.1. The van der Waals surface area contributed by atoms with Gasteiger partial charge in [0.1, 0.15) is 11.6 Å². The second-order valence-corrected chi connectivity index (χ2v) is 6.82. The van der Waals surface area contributed by atoms with E-state index in [9.17, 15) is 19.3 Å². The van der Waals surface area contributed by atoms with Crippen molar-refractivity contribution in [3.05, 3.63) is 68.5 Å². The summed E-state index contributed by atoms with van der Waals surface area (Å²) >= 11 is 6.08. The topological polar surface area (TPSA) is 75.9 Å². The highest BCUT2D eigenvalue weighted by atomic mass is 35.5. The van der Waals surface area contributed by atoms with Crippen LogP contribution in [0.3, 0.4) is 0 Å². The average Bonchev–Trinajstić information content (AvgIpc) is 2.70. The number of hydrogen-bond acceptors (Lipinski definition) is 5. The molecule has 9 heteroatoms. The molecule has 1 heterocycles. The van der Waals surface area contributed by atoms with Crippen LogP contribution in [0.15, 0.2) is 36.4 Å². The molecule has 0 aromatic heterocycles. The number of ether oxygens (including phenoxy) is 1. The van der Waals surface area contributed by atoms with Crippen molar-refractivity contribution in [2.45, 2.75) is 6.54 Å². The number of carbonyl (C=O) groups is 1. The van der Waals surface area contributed by atoms with Crippen LogP contribution in [-0.4, -0.2) is 53.9 Å². The normalized spacial score (nSPS) is 14.8. The van der Waals surface area contributed by atoms with Crippen molar-refractivity contribution in [1.29, 1.82) is 0 Å². The van der Waals surface area contributed by atoms with Crippen LogP contribution in [0.1, 0.15) is 15.9 Å². The quantitative estimate of drug-likeness (QED) is 0.561. The van der Waals surface area contributed by atoms with Crippen LogP contribution < -0.4 is 4.74 Å². The van der Waals surface area contributed by atoms with Crippen molar-refractivity contribution in [2.24, 2.45) is 0 Å². The summed E-state index contributed by atoms with van der Waals surface area (Å²) in [5, 5.41) is 11.4. The number of nitro benzene ring substituents is 1. The van der Waals surface area contributed by atoms with Crippen molar-refractivity contribution in [2.75, 3.05) is 33.3 Å². The number of hydrogen-bond donors (Lipinski definition) is 0. The minimum atomic E-state index is -0.549. The van der Waals surface area contributed by atoms with E-state index >= 15 is 0 Å². The molecule has 0 unspecified atom stereocenters. The van der Waals surface area contributed by atoms with E-state index in [0.717, 1.165) is 0 Å². The van der Waals surface area contributed by atoms with Gasteiger partial charge in [0.25, 0.3) is 11.6 Å². The molecular formula is C19H19ClFN3O4. The van der Waals surface area contributed by atoms with Crippen LogP contribution in [-0.2, 0) is 6.54 Å². The van der Waals surface area contributed by atoms with Crippen molar-refractivity contribution >= 4 is 23.2 Å². The molecule has 148 valence electrons. The Balaban J connectivity index is 1.69. The Morgan fingerprint density at radius 2 is 1.96 bits per heavy atom. The fourth-order valence-corrected chi connectivity index (χ4v) is 3.39. The summed E-state index contributed by atoms with van der Waals surface area (Å²) in [4.78, 5) is 26.9. The third-order valence-electron chi connectivity index (χ3n) is 4.73. The second kappa shape index (κ2) is 8.53. The van der Waals surface area contributed by atoms with Crippen LogP contribution >= 0.6 is 11.6 Å². The predicted octanol–water partition coefficient (Wildman–Crippen LogP) is 3.35. The third-order valence-corrected chi connectivity index (χ3v) is 5.08. The molecule has 2 aromatic carbocycles. The van der Waals surface area contributed by atoms with E-state index in [1.165, 1.54) is 31.4 Å². The van der Waals surface area contributed by atoms with Crippen LogP contribution in [0.2, 0.25) is 5.02 Å². The highest BCUT2D eigenvalue weighted by Crippen LogP contribution is 2.26. The van der Waals surface area contributed by atoms with Crippen LogP contribution in [0.4, 0.5) is 10.1 Å². The Morgan fingerprint density at radius 3 is 2.57 bits per heavy atom. The van der Waals surface area contributed by atoms with E-state index < -0.39 is 4.92 Å². The third kappa shape index (κ3) is 4.23. The molecule has 2 aromatic rings. The van der Waals surface area contributed by atoms with E-state index in [1.54, 1.807) is 17.0 Å². The zero-order chi connectivity index (χ0) is 20.3. The number of non-ortho nitro benzene ring substituents is 1. The number of piperazine rings is 1. The van der Waals surface area contributed by atoms with Crippen molar-refractivity contribution in [1.82, 2.24) is 9.80 Å². The summed E-state index contributed by atoms with van der Waals surface area (Å²) in [7, 11) is 1.41. The molecule has 1 fully saturated rings. The lowest BCUT2D eigenvalue weighted by Crippen LogP contribution is -2.48. The van der Waals surface area contributed by atoms with Gasteiger partial charge in [-0.3, -0.25) is 19.8 Å². The summed E-state index contributed by atoms with van der Waals surface area (Å²) in [6.45, 7) is 2.25. The number of amides is 1. The van der Waals surface area contributed by atoms with Crippen LogP contribution in [0.5, 0.6) is 5.75 Å². The van der Waals surface area contributed by atoms with Gasteiger partial charge in [0.05, 0.1) is 17.6 Å². The number of nitrogens with zero attached hydrogens (tertiary/aromatic N) is 3. The summed E-state index contributed by atoms with van der Waals surface area (Å²) < 4.78 is 19.2. The molecule has 0 saturated carbocycles. The van der Waals surface area contributed by atoms with E-state index in [0.29, 0.717) is 43.3 Å². The molecule has 1 aliphatic heterocycles. The van der Waals surface area contributed by atoms with Gasteiger partial charge in [0.2, 0.25) is 0 Å². The molecule has 0 N–H and O–H groups in total. The van der Waals surface area contributed by atoms with Gasteiger partial charge < -0.3 is 9.64 Å². The van der Waals surface area contributed by atoms with Gasteiger partial charge in [-0.25, -0.2) is 4.39 Å². The van der Waals surface area contributed by atoms with Gasteiger partial charge in [0, 0.05) is 55.4 Å². The number of benzene rings is 2. The molecule has 1 saturated heterocycles. The van der Waals surface area contributed by atoms with E-state index in [2.05, 4.69) is 0 Å². The zero-order valence-corrected chi connectivity index (χ0v) is 16.0. The molecule has 0 bridgehead atoms. The Hall–Kier alpha value is -2.71. The maximum atomic E-state index is 14.0. The van der Waals surface area contributed by atoms with Gasteiger partial charge in [-0.15, -0.1) is 0 Å². The van der Waals surface area contributed by atoms with Crippen molar-refractivity contribution < 1.29 is 18.8 Å². The second-order valence-electron chi connectivity index (χ2n) is 6.41. The molecule has 0 spiro atoms. The molecule has 28 heavy (non-hydrogen) atoms. The van der Waals surface area contributed by atoms with Gasteiger partial charge in [-0.1, -0.05) is 17.7 Å². The first-order valence-corrected chi connectivity index (χ1v) is 9.05. The average molecular weight is 408 g/mol. The fraction of sp³-hybridized carbons (Fsp3) is 0.316. The number of methoxy groups -OCH3 is 1. The van der Waals surface area contributed by atoms with Crippen molar-refractivity contribution in [3.63, 3.8) is 0 Å². The van der Waals surface area contributed by atoms with E-state index in [4.69, 9.17) is 16.3 Å². The Bertz CT molecular complexity index is 880. The smallest absolute Gasteiger partial charge is 0.270 e. The molecule has 0 atom stereocenters. The summed E-state index contributed by atoms with van der Waals surface area (Å²) in [6, 6.07) is 8.52. The zero-order valence-electron chi connectivity index (χ0n) is 15.2. The van der Waals surface area contributed by atoms with Gasteiger partial charge in [0.15, 0.2) is 0 Å². The fourth-order valence-electron chi connectivity index (χ4n) is 3.16. The van der Waals surface area contributed by atoms with Crippen LogP contribution in [0.25, 0.3) is 0 Å². The Kier molecular flexibility index (Phi) is 6.11. The number of nitro groups is 1. The predicted molar refractivity (Wildman–Crippen MR) is 102 cm³/mol. The molecular weight excluding hydrogens is 389 g/mol. The molecule has 3 rings (SSSR count). The van der Waals surface area contributed by atoms with Gasteiger partial charge in [-0.05, 0) is 18.2 Å². The highest BCUT2D eigenvalue weighted by molar-refractivity contribution is 6.31. The molecule has 0 aliphatic carbocycles. The monoisotopic (exact) mass is 407 g/mol. The first-order chi connectivity index (χ1) is 13.4. The van der Waals surface area contributed by atoms with Gasteiger partial charge >= 0.3 is 0 Å². The first kappa shape index (κ1) is 20.0. The van der Waals surface area contributed by atoms with E-state index in [1.807, 2.05) is 4.90 Å². The Labute approximate surface area is 166 Å². The molecule has 0 radical (unpaired) electrons. The van der Waals surface area contributed by atoms with E-state index in [-0.39, 0.29) is 28.7 Å². The first-order valence-electron chi connectivity index (χ1n) is 8.67. The molecule has 1 amide bonds. The lowest BCUT2D eigenvalue weighted by molar-refractivity contribution is -0.384. The number of halogens is 2. The SMILES string of the molecule is COc1ccc([N+](=O)[O-])cc1C(=O)N1CCN(Cc2c(F)cccc2Cl)CC1. The number of carbonyl (C=O) groups excluding carboxylic acids is 1. The summed E-state index contributed by atoms with van der Waals surface area (Å²) in [6.07, 6.45) is 0. The minimum Gasteiger partial charge on any atom is -0.496 e. The lowest BCUT2D eigenvalue weighted by Gasteiger charge is -2.35. The highest BCUT2D eigenvalue weighted by Gasteiger charge is 2.26. The van der Waals surface area contributed by atoms with Crippen molar-refractivity contribution in [3.8, 4) is 5.75 Å². The molecule has 1 aliphatic rings. The standard InChI is InChI=1S/C19H19ClFN3O4/c1-28-18-6-5-13(24(26)27)11-14(18)19(25)23-9-7-22(8-10-23)12-15-16(20)3-2-4-17(15)21/h2-6,11H,7-10,12H2,1H3. The Morgan fingerprint density at radius 1 is 1.25 bits per heavy atom. The van der Waals surface area contributed by atoms with Crippen LogP contribution in [0, 0.1) is 15.9 Å².